The first-order valence-electron chi connectivity index (χ1n) is 9.39. The molecule has 1 aliphatic rings. The van der Waals surface area contributed by atoms with Crippen molar-refractivity contribution in [2.45, 2.75) is 13.8 Å². The van der Waals surface area contributed by atoms with Gasteiger partial charge in [-0.05, 0) is 49.7 Å². The van der Waals surface area contributed by atoms with Crippen molar-refractivity contribution in [3.63, 3.8) is 0 Å². The second kappa shape index (κ2) is 6.50. The molecule has 5 rings (SSSR count). The molecule has 3 heteroatoms. The summed E-state index contributed by atoms with van der Waals surface area (Å²) in [7, 11) is 0. The van der Waals surface area contributed by atoms with Crippen molar-refractivity contribution >= 4 is 45.6 Å². The van der Waals surface area contributed by atoms with Crippen molar-refractivity contribution in [3.05, 3.63) is 99.7 Å². The lowest BCUT2D eigenvalue weighted by Crippen LogP contribution is -2.58. The number of aromatic amines is 1. The summed E-state index contributed by atoms with van der Waals surface area (Å²) >= 11 is 6.18. The van der Waals surface area contributed by atoms with Crippen LogP contribution in [0.25, 0.3) is 22.0 Å². The Balaban J connectivity index is 1.85. The molecule has 3 aromatic carbocycles. The van der Waals surface area contributed by atoms with Gasteiger partial charge in [-0.2, -0.15) is 0 Å². The van der Waals surface area contributed by atoms with Gasteiger partial charge < -0.3 is 4.98 Å². The summed E-state index contributed by atoms with van der Waals surface area (Å²) in [5, 5.41) is 1.97. The lowest BCUT2D eigenvalue weighted by atomic mass is 9.89. The molecule has 28 heavy (non-hydrogen) atoms. The SMILES string of the molecule is Cc1ccc2c(c1)/C(=C(\c1ccc(Cl)cc1)c1c[nH]c3ccc(C)cc13)C=[NH+]2. The average Bonchev–Trinajstić information content (AvgIpc) is 3.28. The van der Waals surface area contributed by atoms with Crippen LogP contribution < -0.4 is 4.99 Å². The quantitative estimate of drug-likeness (QED) is 0.477. The lowest BCUT2D eigenvalue weighted by Gasteiger charge is -2.11. The van der Waals surface area contributed by atoms with Gasteiger partial charge in [-0.1, -0.05) is 47.0 Å². The number of hydrogen-bond acceptors (Lipinski definition) is 0. The largest absolute Gasteiger partial charge is 0.361 e. The van der Waals surface area contributed by atoms with Crippen molar-refractivity contribution in [1.29, 1.82) is 0 Å². The van der Waals surface area contributed by atoms with Gasteiger partial charge in [-0.15, -0.1) is 0 Å². The van der Waals surface area contributed by atoms with Crippen LogP contribution in [0.5, 0.6) is 0 Å². The van der Waals surface area contributed by atoms with Crippen LogP contribution in [0.15, 0.2) is 66.9 Å². The highest BCUT2D eigenvalue weighted by molar-refractivity contribution is 6.30. The van der Waals surface area contributed by atoms with Gasteiger partial charge in [0.15, 0.2) is 6.21 Å². The van der Waals surface area contributed by atoms with Crippen molar-refractivity contribution in [2.24, 2.45) is 0 Å². The Morgan fingerprint density at radius 3 is 2.46 bits per heavy atom. The normalized spacial score (nSPS) is 14.5. The maximum atomic E-state index is 6.18. The fourth-order valence-corrected chi connectivity index (χ4v) is 4.08. The van der Waals surface area contributed by atoms with E-state index in [9.17, 15) is 0 Å². The molecule has 0 saturated carbocycles. The van der Waals surface area contributed by atoms with E-state index < -0.39 is 0 Å². The summed E-state index contributed by atoms with van der Waals surface area (Å²) in [4.78, 5) is 6.88. The molecule has 2 nitrogen and oxygen atoms in total. The predicted octanol–water partition coefficient (Wildman–Crippen LogP) is 5.19. The van der Waals surface area contributed by atoms with E-state index in [2.05, 4.69) is 84.8 Å². The molecule has 0 saturated heterocycles. The van der Waals surface area contributed by atoms with E-state index in [1.54, 1.807) is 0 Å². The average molecular weight is 384 g/mol. The Bertz CT molecular complexity index is 1270. The van der Waals surface area contributed by atoms with Crippen LogP contribution in [0.4, 0.5) is 5.69 Å². The molecule has 0 atom stereocenters. The van der Waals surface area contributed by atoms with Gasteiger partial charge in [-0.3, -0.25) is 0 Å². The maximum Gasteiger partial charge on any atom is 0.211 e. The molecule has 0 radical (unpaired) electrons. The van der Waals surface area contributed by atoms with Crippen LogP contribution in [0.2, 0.25) is 5.02 Å². The number of rotatable bonds is 2. The fourth-order valence-electron chi connectivity index (χ4n) is 3.96. The van der Waals surface area contributed by atoms with Crippen LogP contribution in [0.3, 0.4) is 0 Å². The first-order valence-corrected chi connectivity index (χ1v) is 9.77. The minimum atomic E-state index is 0.743. The molecule has 0 spiro atoms. The molecule has 2 N–H and O–H groups in total. The summed E-state index contributed by atoms with van der Waals surface area (Å²) < 4.78 is 0. The lowest BCUT2D eigenvalue weighted by molar-refractivity contribution is -0.342. The van der Waals surface area contributed by atoms with E-state index >= 15 is 0 Å². The molecule has 1 aliphatic heterocycles. The number of aromatic nitrogens is 1. The number of H-pyrrole nitrogens is 1. The van der Waals surface area contributed by atoms with Crippen LogP contribution in [0, 0.1) is 13.8 Å². The Morgan fingerprint density at radius 2 is 1.64 bits per heavy atom. The number of nitrogens with one attached hydrogen (secondary N) is 2. The number of aryl methyl sites for hydroxylation is 2. The van der Waals surface area contributed by atoms with Gasteiger partial charge in [0.25, 0.3) is 0 Å². The Labute approximate surface area is 169 Å². The van der Waals surface area contributed by atoms with Crippen molar-refractivity contribution in [3.8, 4) is 0 Å². The van der Waals surface area contributed by atoms with Gasteiger partial charge in [0.1, 0.15) is 0 Å². The van der Waals surface area contributed by atoms with Gasteiger partial charge in [0.2, 0.25) is 5.69 Å². The molecule has 136 valence electrons. The number of halogens is 1. The highest BCUT2D eigenvalue weighted by Gasteiger charge is 2.25. The topological polar surface area (TPSA) is 29.8 Å². The van der Waals surface area contributed by atoms with E-state index in [-0.39, 0.29) is 0 Å². The van der Waals surface area contributed by atoms with E-state index in [0.29, 0.717) is 0 Å². The summed E-state index contributed by atoms with van der Waals surface area (Å²) in [6, 6.07) is 21.2. The summed E-state index contributed by atoms with van der Waals surface area (Å²) in [5.41, 5.74) is 10.8. The van der Waals surface area contributed by atoms with Gasteiger partial charge in [0, 0.05) is 39.3 Å². The standard InChI is InChI=1S/C25H19ClN2/c1-15-3-9-23-19(11-15)21(13-27-23)25(17-5-7-18(26)8-6-17)22-14-28-24-10-4-16(2)12-20(22)24/h3-14,27H,1-2H3/p+1/b25-22+. The Hall–Kier alpha value is -3.10. The van der Waals surface area contributed by atoms with Crippen molar-refractivity contribution in [2.75, 3.05) is 0 Å². The first kappa shape index (κ1) is 17.0. The molecular formula is C25H20ClN2+. The molecule has 4 aromatic rings. The number of allylic oxidation sites excluding steroid dienone is 1. The van der Waals surface area contributed by atoms with Crippen molar-refractivity contribution in [1.82, 2.24) is 4.98 Å². The third-order valence-electron chi connectivity index (χ3n) is 5.35. The third kappa shape index (κ3) is 2.78. The van der Waals surface area contributed by atoms with Gasteiger partial charge in [-0.25, -0.2) is 4.99 Å². The minimum absolute atomic E-state index is 0.743. The molecule has 0 bridgehead atoms. The molecular weight excluding hydrogens is 364 g/mol. The van der Waals surface area contributed by atoms with E-state index in [1.807, 2.05) is 12.1 Å². The van der Waals surface area contributed by atoms with E-state index in [1.165, 1.54) is 38.8 Å². The van der Waals surface area contributed by atoms with Crippen LogP contribution >= 0.6 is 11.6 Å². The molecule has 1 aromatic heterocycles. The second-order valence-corrected chi connectivity index (χ2v) is 7.82. The minimum Gasteiger partial charge on any atom is -0.361 e. The summed E-state index contributed by atoms with van der Waals surface area (Å²) in [6.45, 7) is 4.26. The monoisotopic (exact) mass is 383 g/mol. The van der Waals surface area contributed by atoms with Gasteiger partial charge >= 0.3 is 0 Å². The number of hydrogen-bond donors (Lipinski definition) is 2. The Morgan fingerprint density at radius 1 is 0.893 bits per heavy atom. The van der Waals surface area contributed by atoms with E-state index in [4.69, 9.17) is 11.6 Å². The molecule has 0 fully saturated rings. The van der Waals surface area contributed by atoms with E-state index in [0.717, 1.165) is 21.8 Å². The molecule has 0 unspecified atom stereocenters. The second-order valence-electron chi connectivity index (χ2n) is 7.38. The van der Waals surface area contributed by atoms with Crippen LogP contribution in [-0.4, -0.2) is 11.2 Å². The number of fused-ring (bicyclic) bond motifs is 2. The fraction of sp³-hybridized carbons (Fsp3) is 0.0800. The van der Waals surface area contributed by atoms with Crippen LogP contribution in [0.1, 0.15) is 27.8 Å². The molecule has 0 aliphatic carbocycles. The molecule has 0 amide bonds. The zero-order chi connectivity index (χ0) is 19.3. The Kier molecular flexibility index (Phi) is 3.96. The third-order valence-corrected chi connectivity index (χ3v) is 5.60. The van der Waals surface area contributed by atoms with Gasteiger partial charge in [0.05, 0.1) is 11.1 Å². The molecule has 2 heterocycles. The number of benzene rings is 3. The highest BCUT2D eigenvalue weighted by atomic mass is 35.5. The predicted molar refractivity (Wildman–Crippen MR) is 118 cm³/mol. The zero-order valence-corrected chi connectivity index (χ0v) is 16.6. The van der Waals surface area contributed by atoms with Crippen molar-refractivity contribution < 1.29 is 4.99 Å². The smallest absolute Gasteiger partial charge is 0.211 e. The zero-order valence-electron chi connectivity index (χ0n) is 15.8. The summed E-state index contributed by atoms with van der Waals surface area (Å²) in [6.07, 6.45) is 4.23. The van der Waals surface area contributed by atoms with Crippen LogP contribution in [-0.2, 0) is 0 Å². The highest BCUT2D eigenvalue weighted by Crippen LogP contribution is 2.38. The maximum absolute atomic E-state index is 6.18. The first-order chi connectivity index (χ1) is 13.6. The summed E-state index contributed by atoms with van der Waals surface area (Å²) in [5.74, 6) is 0.